The summed E-state index contributed by atoms with van der Waals surface area (Å²) in [5, 5.41) is 0. The first-order chi connectivity index (χ1) is 14.5. The summed E-state index contributed by atoms with van der Waals surface area (Å²) < 4.78 is 28.2. The van der Waals surface area contributed by atoms with Gasteiger partial charge in [-0.2, -0.15) is 0 Å². The Morgan fingerprint density at radius 1 is 1.10 bits per heavy atom. The van der Waals surface area contributed by atoms with Gasteiger partial charge in [0, 0.05) is 19.0 Å². The van der Waals surface area contributed by atoms with E-state index in [-0.39, 0.29) is 19.4 Å². The lowest BCUT2D eigenvalue weighted by Crippen LogP contribution is -2.55. The van der Waals surface area contributed by atoms with E-state index < -0.39 is 17.6 Å². The first-order valence-electron chi connectivity index (χ1n) is 9.80. The number of hydrogen-bond donors (Lipinski definition) is 0. The van der Waals surface area contributed by atoms with E-state index >= 15 is 0 Å². The van der Waals surface area contributed by atoms with Crippen LogP contribution in [0.1, 0.15) is 40.1 Å². The van der Waals surface area contributed by atoms with Gasteiger partial charge in [-0.05, 0) is 48.9 Å². The summed E-state index contributed by atoms with van der Waals surface area (Å²) in [6, 6.07) is 7.24. The number of nitrogens with zero attached hydrogens (tertiary/aromatic N) is 1. The molecule has 0 bridgehead atoms. The van der Waals surface area contributed by atoms with Gasteiger partial charge in [0.15, 0.2) is 40.4 Å². The van der Waals surface area contributed by atoms with Crippen LogP contribution in [0, 0.1) is 0 Å². The van der Waals surface area contributed by atoms with E-state index in [2.05, 4.69) is 0 Å². The maximum absolute atomic E-state index is 14.0. The quantitative estimate of drug-likeness (QED) is 0.664. The molecule has 0 saturated carbocycles. The molecule has 0 amide bonds. The van der Waals surface area contributed by atoms with Crippen LogP contribution in [0.5, 0.6) is 23.0 Å². The molecular formula is C22H19NO7. The molecule has 0 N–H and O–H groups in total. The van der Waals surface area contributed by atoms with Gasteiger partial charge in [-0.1, -0.05) is 0 Å². The van der Waals surface area contributed by atoms with Gasteiger partial charge in [0.25, 0.3) is 0 Å². The Balaban J connectivity index is 1.65. The van der Waals surface area contributed by atoms with Crippen molar-refractivity contribution in [2.24, 2.45) is 0 Å². The van der Waals surface area contributed by atoms with E-state index in [0.29, 0.717) is 40.7 Å². The molecule has 0 radical (unpaired) electrons. The van der Waals surface area contributed by atoms with Crippen LogP contribution in [0.15, 0.2) is 24.3 Å². The summed E-state index contributed by atoms with van der Waals surface area (Å²) in [6.45, 7) is 2.16. The van der Waals surface area contributed by atoms with Crippen molar-refractivity contribution >= 4 is 11.8 Å². The molecule has 3 heterocycles. The normalized spacial score (nSPS) is 25.4. The Labute approximate surface area is 172 Å². The number of carbonyl (C=O) groups excluding carboxylic acids is 2. The van der Waals surface area contributed by atoms with Gasteiger partial charge in [-0.3, -0.25) is 14.5 Å². The van der Waals surface area contributed by atoms with Crippen molar-refractivity contribution < 1.29 is 33.3 Å². The first kappa shape index (κ1) is 17.6. The van der Waals surface area contributed by atoms with Crippen LogP contribution in [0.2, 0.25) is 0 Å². The van der Waals surface area contributed by atoms with E-state index in [4.69, 9.17) is 23.7 Å². The second kappa shape index (κ2) is 5.89. The van der Waals surface area contributed by atoms with Crippen LogP contribution in [0.4, 0.5) is 0 Å². The van der Waals surface area contributed by atoms with Gasteiger partial charge >= 0.3 is 5.97 Å². The van der Waals surface area contributed by atoms with Crippen LogP contribution in [-0.2, 0) is 21.5 Å². The maximum Gasteiger partial charge on any atom is 0.303 e. The van der Waals surface area contributed by atoms with Crippen LogP contribution in [0.3, 0.4) is 0 Å². The molecule has 4 aliphatic rings. The molecule has 0 saturated heterocycles. The minimum atomic E-state index is -1.22. The molecule has 1 spiro atoms. The van der Waals surface area contributed by atoms with Gasteiger partial charge in [-0.25, -0.2) is 0 Å². The van der Waals surface area contributed by atoms with Crippen molar-refractivity contribution in [2.75, 3.05) is 27.2 Å². The van der Waals surface area contributed by atoms with Crippen molar-refractivity contribution in [3.63, 3.8) is 0 Å². The summed E-state index contributed by atoms with van der Waals surface area (Å²) in [7, 11) is 1.88. The molecule has 154 valence electrons. The molecule has 1 aliphatic carbocycles. The van der Waals surface area contributed by atoms with Gasteiger partial charge in [0.05, 0.1) is 5.56 Å². The average Bonchev–Trinajstić information content (AvgIpc) is 3.42. The molecular weight excluding hydrogens is 390 g/mol. The standard InChI is InChI=1S/C22H19NO7/c1-11(24)30-21-18-13(3-4-15-19(18)29-10-26-15)20(25)22(21)14-8-17-16(27-9-28-17)7-12(14)5-6-23(22)2/h3-4,7-8,21H,5-6,9-10H2,1-2H3/t21-,22-/m1/s1. The molecule has 6 rings (SSSR count). The van der Waals surface area contributed by atoms with Crippen LogP contribution >= 0.6 is 0 Å². The monoisotopic (exact) mass is 409 g/mol. The minimum absolute atomic E-state index is 0.0604. The Morgan fingerprint density at radius 2 is 1.83 bits per heavy atom. The Hall–Kier alpha value is -3.26. The number of ether oxygens (including phenoxy) is 5. The first-order valence-corrected chi connectivity index (χ1v) is 9.80. The number of likely N-dealkylation sites (N-methyl/N-ethyl adjacent to an activating group) is 1. The second-order valence-corrected chi connectivity index (χ2v) is 7.88. The zero-order chi connectivity index (χ0) is 20.6. The lowest BCUT2D eigenvalue weighted by atomic mass is 9.76. The van der Waals surface area contributed by atoms with E-state index in [1.54, 1.807) is 12.1 Å². The van der Waals surface area contributed by atoms with Gasteiger partial charge < -0.3 is 23.7 Å². The number of ketones is 1. The number of rotatable bonds is 1. The molecule has 30 heavy (non-hydrogen) atoms. The topological polar surface area (TPSA) is 83.5 Å². The third-order valence-corrected chi connectivity index (χ3v) is 6.42. The number of fused-ring (bicyclic) bond motifs is 6. The fourth-order valence-electron chi connectivity index (χ4n) is 5.15. The Kier molecular flexibility index (Phi) is 3.45. The van der Waals surface area contributed by atoms with Gasteiger partial charge in [0.1, 0.15) is 0 Å². The van der Waals surface area contributed by atoms with Crippen molar-refractivity contribution in [1.29, 1.82) is 0 Å². The van der Waals surface area contributed by atoms with E-state index in [9.17, 15) is 9.59 Å². The van der Waals surface area contributed by atoms with Crippen molar-refractivity contribution in [3.05, 3.63) is 46.5 Å². The SMILES string of the molecule is CC(=O)O[C@@H]1c2c(ccc3c2OCO3)C(=O)[C@]12c1cc3c(cc1CCN2C)OCO3. The fourth-order valence-corrected chi connectivity index (χ4v) is 5.15. The summed E-state index contributed by atoms with van der Waals surface area (Å²) in [5.41, 5.74) is 1.56. The van der Waals surface area contributed by atoms with E-state index in [1.807, 2.05) is 24.1 Å². The molecule has 8 nitrogen and oxygen atoms in total. The van der Waals surface area contributed by atoms with Crippen LogP contribution in [-0.4, -0.2) is 43.8 Å². The Bertz CT molecular complexity index is 1130. The predicted molar refractivity (Wildman–Crippen MR) is 102 cm³/mol. The summed E-state index contributed by atoms with van der Waals surface area (Å²) in [5.74, 6) is 1.64. The van der Waals surface area contributed by atoms with Crippen molar-refractivity contribution in [3.8, 4) is 23.0 Å². The molecule has 8 heteroatoms. The van der Waals surface area contributed by atoms with E-state index in [0.717, 1.165) is 17.5 Å². The zero-order valence-electron chi connectivity index (χ0n) is 16.5. The van der Waals surface area contributed by atoms with Gasteiger partial charge in [0.2, 0.25) is 13.6 Å². The average molecular weight is 409 g/mol. The fraction of sp³-hybridized carbons (Fsp3) is 0.364. The summed E-state index contributed by atoms with van der Waals surface area (Å²) in [6.07, 6.45) is -0.142. The number of carbonyl (C=O) groups is 2. The molecule has 2 aromatic carbocycles. The molecule has 0 unspecified atom stereocenters. The van der Waals surface area contributed by atoms with Crippen molar-refractivity contribution in [1.82, 2.24) is 4.90 Å². The van der Waals surface area contributed by atoms with Crippen molar-refractivity contribution in [2.45, 2.75) is 25.0 Å². The highest BCUT2D eigenvalue weighted by Crippen LogP contribution is 2.59. The minimum Gasteiger partial charge on any atom is -0.455 e. The van der Waals surface area contributed by atoms with Gasteiger partial charge in [-0.15, -0.1) is 0 Å². The lowest BCUT2D eigenvalue weighted by Gasteiger charge is -2.45. The van der Waals surface area contributed by atoms with E-state index in [1.165, 1.54) is 6.92 Å². The van der Waals surface area contributed by atoms with Crippen LogP contribution in [0.25, 0.3) is 0 Å². The zero-order valence-corrected chi connectivity index (χ0v) is 16.5. The Morgan fingerprint density at radius 3 is 2.63 bits per heavy atom. The number of Topliss-reactive ketones (excluding diaryl/α,β-unsaturated/α-hetero) is 1. The molecule has 0 aromatic heterocycles. The highest BCUT2D eigenvalue weighted by Gasteiger charge is 2.62. The highest BCUT2D eigenvalue weighted by molar-refractivity contribution is 6.10. The molecule has 0 fully saturated rings. The highest BCUT2D eigenvalue weighted by atomic mass is 16.7. The maximum atomic E-state index is 14.0. The molecule has 2 aromatic rings. The number of hydrogen-bond acceptors (Lipinski definition) is 8. The number of esters is 1. The predicted octanol–water partition coefficient (Wildman–Crippen LogP) is 2.33. The summed E-state index contributed by atoms with van der Waals surface area (Å²) in [4.78, 5) is 28.2. The largest absolute Gasteiger partial charge is 0.455 e. The summed E-state index contributed by atoms with van der Waals surface area (Å²) >= 11 is 0. The third-order valence-electron chi connectivity index (χ3n) is 6.42. The number of benzene rings is 2. The molecule has 3 aliphatic heterocycles. The second-order valence-electron chi connectivity index (χ2n) is 7.88. The third kappa shape index (κ3) is 2.04. The lowest BCUT2D eigenvalue weighted by molar-refractivity contribution is -0.153. The van der Waals surface area contributed by atoms with Crippen LogP contribution < -0.4 is 18.9 Å². The molecule has 2 atom stereocenters. The smallest absolute Gasteiger partial charge is 0.303 e.